The fourth-order valence-corrected chi connectivity index (χ4v) is 4.41. The molecule has 4 heteroatoms. The van der Waals surface area contributed by atoms with Gasteiger partial charge in [0.2, 0.25) is 0 Å². The molecule has 1 aliphatic rings. The van der Waals surface area contributed by atoms with Gasteiger partial charge in [0, 0.05) is 6.08 Å². The van der Waals surface area contributed by atoms with Crippen molar-refractivity contribution in [2.45, 2.75) is 58.7 Å². The van der Waals surface area contributed by atoms with Crippen molar-refractivity contribution in [3.8, 4) is 5.75 Å². The van der Waals surface area contributed by atoms with Crippen LogP contribution in [0.1, 0.15) is 64.2 Å². The number of ether oxygens (including phenoxy) is 2. The molecule has 2 aromatic rings. The van der Waals surface area contributed by atoms with Crippen molar-refractivity contribution >= 4 is 17.6 Å². The second-order valence-corrected chi connectivity index (χ2v) is 9.21. The van der Waals surface area contributed by atoms with Gasteiger partial charge in [-0.3, -0.25) is 0 Å². The normalized spacial score (nSPS) is 17.5. The monoisotopic (exact) mass is 420 g/mol. The van der Waals surface area contributed by atoms with Crippen LogP contribution in [-0.2, 0) is 14.3 Å². The van der Waals surface area contributed by atoms with Crippen molar-refractivity contribution in [1.82, 2.24) is 0 Å². The van der Waals surface area contributed by atoms with Gasteiger partial charge in [-0.2, -0.15) is 0 Å². The lowest BCUT2D eigenvalue weighted by molar-refractivity contribution is -0.139. The van der Waals surface area contributed by atoms with Crippen LogP contribution >= 0.6 is 0 Å². The molecule has 3 rings (SSSR count). The van der Waals surface area contributed by atoms with Gasteiger partial charge in [-0.15, -0.1) is 0 Å². The van der Waals surface area contributed by atoms with E-state index in [1.807, 2.05) is 24.3 Å². The third-order valence-electron chi connectivity index (χ3n) is 5.24. The van der Waals surface area contributed by atoms with E-state index in [0.29, 0.717) is 6.61 Å². The summed E-state index contributed by atoms with van der Waals surface area (Å²) in [6, 6.07) is 15.5. The summed E-state index contributed by atoms with van der Waals surface area (Å²) in [6.45, 7) is 10.7. The summed E-state index contributed by atoms with van der Waals surface area (Å²) < 4.78 is 11.2. The Labute approximate surface area is 185 Å². The zero-order chi connectivity index (χ0) is 22.6. The summed E-state index contributed by atoms with van der Waals surface area (Å²) >= 11 is 0. The van der Waals surface area contributed by atoms with Crippen LogP contribution in [0.5, 0.6) is 5.75 Å². The number of phenols is 1. The van der Waals surface area contributed by atoms with Gasteiger partial charge in [-0.1, -0.05) is 42.0 Å². The lowest BCUT2D eigenvalue weighted by Crippen LogP contribution is -2.42. The van der Waals surface area contributed by atoms with Crippen molar-refractivity contribution in [2.75, 3.05) is 6.61 Å². The molecule has 0 atom stereocenters. The second-order valence-electron chi connectivity index (χ2n) is 9.21. The van der Waals surface area contributed by atoms with Crippen LogP contribution in [0.3, 0.4) is 0 Å². The van der Waals surface area contributed by atoms with Crippen LogP contribution in [0, 0.1) is 0 Å². The molecular weight excluding hydrogens is 388 g/mol. The number of hydrogen-bond acceptors (Lipinski definition) is 4. The number of benzene rings is 2. The first-order valence-corrected chi connectivity index (χ1v) is 10.8. The highest BCUT2D eigenvalue weighted by molar-refractivity contribution is 5.87. The molecule has 1 N–H and O–H groups in total. The summed E-state index contributed by atoms with van der Waals surface area (Å²) in [5.74, 6) is -0.0923. The molecule has 0 amide bonds. The predicted molar refractivity (Wildman–Crippen MR) is 125 cm³/mol. The number of rotatable bonds is 5. The molecule has 0 spiro atoms. The molecule has 1 saturated heterocycles. The van der Waals surface area contributed by atoms with E-state index >= 15 is 0 Å². The molecular formula is C27H32O4. The highest BCUT2D eigenvalue weighted by atomic mass is 16.5. The van der Waals surface area contributed by atoms with E-state index in [0.717, 1.165) is 29.5 Å². The molecule has 0 bridgehead atoms. The molecule has 0 unspecified atom stereocenters. The number of hydrogen-bond donors (Lipinski definition) is 1. The molecule has 0 radical (unpaired) electrons. The highest BCUT2D eigenvalue weighted by Gasteiger charge is 2.37. The lowest BCUT2D eigenvalue weighted by Gasteiger charge is -2.43. The number of carbonyl (C=O) groups excluding carboxylic acids is 1. The average molecular weight is 421 g/mol. The maximum Gasteiger partial charge on any atom is 0.330 e. The minimum absolute atomic E-state index is 0.250. The topological polar surface area (TPSA) is 55.8 Å². The molecule has 1 aliphatic heterocycles. The minimum atomic E-state index is -0.342. The van der Waals surface area contributed by atoms with Crippen molar-refractivity contribution in [3.63, 3.8) is 0 Å². The molecule has 1 heterocycles. The standard InChI is InChI=1S/C27H32O4/c1-6-30-24(29)16-9-19-7-10-20(11-8-19)25(21-12-14-23(28)15-13-21)22-17-26(2,3)31-27(4,5)18-22/h7-16,28H,6,17-18H2,1-5H3/b16-9+. The summed E-state index contributed by atoms with van der Waals surface area (Å²) in [7, 11) is 0. The first kappa shape index (κ1) is 22.8. The molecule has 4 nitrogen and oxygen atoms in total. The fraction of sp³-hybridized carbons (Fsp3) is 0.370. The Bertz CT molecular complexity index is 959. The molecule has 164 valence electrons. The van der Waals surface area contributed by atoms with Crippen LogP contribution in [0.2, 0.25) is 0 Å². The molecule has 2 aromatic carbocycles. The number of carbonyl (C=O) groups is 1. The van der Waals surface area contributed by atoms with Crippen molar-refractivity contribution in [1.29, 1.82) is 0 Å². The van der Waals surface area contributed by atoms with Gasteiger partial charge in [0.1, 0.15) is 5.75 Å². The first-order chi connectivity index (χ1) is 14.6. The van der Waals surface area contributed by atoms with Crippen LogP contribution in [0.25, 0.3) is 11.6 Å². The summed E-state index contributed by atoms with van der Waals surface area (Å²) in [4.78, 5) is 11.6. The van der Waals surface area contributed by atoms with Crippen molar-refractivity contribution < 1.29 is 19.4 Å². The van der Waals surface area contributed by atoms with E-state index in [2.05, 4.69) is 39.8 Å². The number of phenolic OH excluding ortho intramolecular Hbond substituents is 1. The van der Waals surface area contributed by atoms with E-state index in [-0.39, 0.29) is 22.9 Å². The summed E-state index contributed by atoms with van der Waals surface area (Å²) in [6.07, 6.45) is 4.87. The third kappa shape index (κ3) is 6.08. The first-order valence-electron chi connectivity index (χ1n) is 10.8. The molecule has 0 saturated carbocycles. The van der Waals surface area contributed by atoms with Crippen LogP contribution in [0.4, 0.5) is 0 Å². The van der Waals surface area contributed by atoms with Crippen LogP contribution < -0.4 is 0 Å². The second kappa shape index (κ2) is 9.11. The van der Waals surface area contributed by atoms with Gasteiger partial charge >= 0.3 is 5.97 Å². The number of esters is 1. The highest BCUT2D eigenvalue weighted by Crippen LogP contribution is 2.43. The Morgan fingerprint density at radius 1 is 0.968 bits per heavy atom. The minimum Gasteiger partial charge on any atom is -0.508 e. The average Bonchev–Trinajstić information content (AvgIpc) is 2.67. The van der Waals surface area contributed by atoms with E-state index in [9.17, 15) is 9.90 Å². The Hall–Kier alpha value is -2.85. The fourth-order valence-electron chi connectivity index (χ4n) is 4.41. The Morgan fingerprint density at radius 3 is 2.00 bits per heavy atom. The van der Waals surface area contributed by atoms with Gasteiger partial charge in [-0.25, -0.2) is 4.79 Å². The summed E-state index contributed by atoms with van der Waals surface area (Å²) in [5, 5.41) is 9.78. The zero-order valence-electron chi connectivity index (χ0n) is 19.1. The Morgan fingerprint density at radius 2 is 1.48 bits per heavy atom. The molecule has 0 aromatic heterocycles. The maximum atomic E-state index is 11.6. The molecule has 31 heavy (non-hydrogen) atoms. The van der Waals surface area contributed by atoms with Gasteiger partial charge in [0.05, 0.1) is 17.8 Å². The van der Waals surface area contributed by atoms with E-state index < -0.39 is 0 Å². The smallest absolute Gasteiger partial charge is 0.330 e. The van der Waals surface area contributed by atoms with E-state index in [4.69, 9.17) is 9.47 Å². The third-order valence-corrected chi connectivity index (χ3v) is 5.24. The number of aromatic hydroxyl groups is 1. The van der Waals surface area contributed by atoms with Crippen molar-refractivity contribution in [3.05, 3.63) is 76.9 Å². The molecule has 0 aliphatic carbocycles. The van der Waals surface area contributed by atoms with E-state index in [1.54, 1.807) is 25.1 Å². The van der Waals surface area contributed by atoms with Gasteiger partial charge in [-0.05, 0) is 87.9 Å². The predicted octanol–water partition coefficient (Wildman–Crippen LogP) is 6.14. The summed E-state index contributed by atoms with van der Waals surface area (Å²) in [5.41, 5.74) is 5.08. The largest absolute Gasteiger partial charge is 0.508 e. The van der Waals surface area contributed by atoms with E-state index in [1.165, 1.54) is 17.2 Å². The van der Waals surface area contributed by atoms with Gasteiger partial charge < -0.3 is 14.6 Å². The van der Waals surface area contributed by atoms with Crippen LogP contribution in [-0.4, -0.2) is 28.9 Å². The van der Waals surface area contributed by atoms with Crippen LogP contribution in [0.15, 0.2) is 60.2 Å². The Balaban J connectivity index is 2.03. The van der Waals surface area contributed by atoms with Crippen molar-refractivity contribution in [2.24, 2.45) is 0 Å². The van der Waals surface area contributed by atoms with Gasteiger partial charge in [0.15, 0.2) is 0 Å². The Kier molecular flexibility index (Phi) is 6.71. The quantitative estimate of drug-likeness (QED) is 0.466. The zero-order valence-corrected chi connectivity index (χ0v) is 19.1. The SMILES string of the molecule is CCOC(=O)/C=C/c1ccc(C(=C2CC(C)(C)OC(C)(C)C2)c2ccc(O)cc2)cc1. The van der Waals surface area contributed by atoms with Gasteiger partial charge in [0.25, 0.3) is 0 Å². The lowest BCUT2D eigenvalue weighted by atomic mass is 9.79. The molecule has 1 fully saturated rings. The maximum absolute atomic E-state index is 11.6.